The van der Waals surface area contributed by atoms with Crippen LogP contribution in [-0.4, -0.2) is 28.7 Å². The summed E-state index contributed by atoms with van der Waals surface area (Å²) in [6.45, 7) is 2.45. The molecule has 0 heterocycles. The Kier molecular flexibility index (Phi) is 4.28. The number of primary sulfonamides is 1. The molecule has 0 aromatic heterocycles. The molecular formula is C10H15NO4S. The third kappa shape index (κ3) is 3.48. The van der Waals surface area contributed by atoms with Gasteiger partial charge in [0.05, 0.1) is 6.61 Å². The Bertz CT molecular complexity index is 456. The standard InChI is InChI=1S/C10H15NO4S/c1-8-3-4-9(15-6-5-14-2)10(7-8)16(11,12)13/h3-4,7H,5-6H2,1-2H3,(H2,11,12,13). The predicted octanol–water partition coefficient (Wildman–Crippen LogP) is 0.668. The second kappa shape index (κ2) is 5.29. The van der Waals surface area contributed by atoms with Crippen molar-refractivity contribution in [1.29, 1.82) is 0 Å². The summed E-state index contributed by atoms with van der Waals surface area (Å²) in [4.78, 5) is 0.00334. The Balaban J connectivity index is 2.99. The molecule has 1 aromatic rings. The summed E-state index contributed by atoms with van der Waals surface area (Å²) >= 11 is 0. The zero-order valence-electron chi connectivity index (χ0n) is 9.26. The number of benzene rings is 1. The van der Waals surface area contributed by atoms with Crippen LogP contribution in [-0.2, 0) is 14.8 Å². The van der Waals surface area contributed by atoms with Crippen molar-refractivity contribution in [3.63, 3.8) is 0 Å². The van der Waals surface area contributed by atoms with Gasteiger partial charge in [0.1, 0.15) is 17.3 Å². The lowest BCUT2D eigenvalue weighted by Crippen LogP contribution is -2.15. The lowest BCUT2D eigenvalue weighted by molar-refractivity contribution is 0.144. The number of hydrogen-bond acceptors (Lipinski definition) is 4. The van der Waals surface area contributed by atoms with Gasteiger partial charge >= 0.3 is 0 Å². The predicted molar refractivity (Wildman–Crippen MR) is 59.9 cm³/mol. The van der Waals surface area contributed by atoms with E-state index in [1.54, 1.807) is 26.2 Å². The molecule has 2 N–H and O–H groups in total. The van der Waals surface area contributed by atoms with E-state index in [1.165, 1.54) is 6.07 Å². The highest BCUT2D eigenvalue weighted by Gasteiger charge is 2.15. The van der Waals surface area contributed by atoms with E-state index >= 15 is 0 Å². The maximum atomic E-state index is 11.3. The highest BCUT2D eigenvalue weighted by molar-refractivity contribution is 7.89. The first-order valence-electron chi connectivity index (χ1n) is 4.70. The quantitative estimate of drug-likeness (QED) is 0.773. The van der Waals surface area contributed by atoms with Gasteiger partial charge in [-0.15, -0.1) is 0 Å². The molecule has 0 fully saturated rings. The van der Waals surface area contributed by atoms with E-state index in [9.17, 15) is 8.42 Å². The highest BCUT2D eigenvalue weighted by Crippen LogP contribution is 2.23. The number of sulfonamides is 1. The van der Waals surface area contributed by atoms with Crippen LogP contribution >= 0.6 is 0 Å². The zero-order chi connectivity index (χ0) is 12.2. The summed E-state index contributed by atoms with van der Waals surface area (Å²) in [5.74, 6) is 0.255. The van der Waals surface area contributed by atoms with Gasteiger partial charge in [-0.05, 0) is 24.6 Å². The van der Waals surface area contributed by atoms with Crippen molar-refractivity contribution in [2.45, 2.75) is 11.8 Å². The normalized spacial score (nSPS) is 11.4. The number of methoxy groups -OCH3 is 1. The molecule has 0 unspecified atom stereocenters. The van der Waals surface area contributed by atoms with E-state index in [2.05, 4.69) is 0 Å². The largest absolute Gasteiger partial charge is 0.490 e. The van der Waals surface area contributed by atoms with Crippen LogP contribution in [0.1, 0.15) is 5.56 Å². The Morgan fingerprint density at radius 2 is 2.00 bits per heavy atom. The van der Waals surface area contributed by atoms with Gasteiger partial charge in [-0.2, -0.15) is 0 Å². The van der Waals surface area contributed by atoms with E-state index in [1.807, 2.05) is 0 Å². The monoisotopic (exact) mass is 245 g/mol. The van der Waals surface area contributed by atoms with E-state index in [-0.39, 0.29) is 17.3 Å². The van der Waals surface area contributed by atoms with Crippen molar-refractivity contribution < 1.29 is 17.9 Å². The van der Waals surface area contributed by atoms with Gasteiger partial charge in [0.25, 0.3) is 0 Å². The van der Waals surface area contributed by atoms with Gasteiger partial charge in [-0.3, -0.25) is 0 Å². The van der Waals surface area contributed by atoms with Crippen LogP contribution in [0.3, 0.4) is 0 Å². The zero-order valence-corrected chi connectivity index (χ0v) is 10.1. The van der Waals surface area contributed by atoms with Crippen molar-refractivity contribution in [2.75, 3.05) is 20.3 Å². The smallest absolute Gasteiger partial charge is 0.241 e. The Hall–Kier alpha value is -1.11. The Labute approximate surface area is 95.2 Å². The summed E-state index contributed by atoms with van der Waals surface area (Å²) in [5.41, 5.74) is 0.808. The summed E-state index contributed by atoms with van der Waals surface area (Å²) in [6.07, 6.45) is 0. The highest BCUT2D eigenvalue weighted by atomic mass is 32.2. The molecule has 5 nitrogen and oxygen atoms in total. The van der Waals surface area contributed by atoms with E-state index in [0.29, 0.717) is 6.61 Å². The first-order valence-corrected chi connectivity index (χ1v) is 6.25. The Morgan fingerprint density at radius 3 is 2.56 bits per heavy atom. The van der Waals surface area contributed by atoms with Crippen molar-refractivity contribution in [3.05, 3.63) is 23.8 Å². The van der Waals surface area contributed by atoms with E-state index in [4.69, 9.17) is 14.6 Å². The van der Waals surface area contributed by atoms with Gasteiger partial charge in [0, 0.05) is 7.11 Å². The van der Waals surface area contributed by atoms with Crippen molar-refractivity contribution in [2.24, 2.45) is 5.14 Å². The van der Waals surface area contributed by atoms with Crippen molar-refractivity contribution in [3.8, 4) is 5.75 Å². The fraction of sp³-hybridized carbons (Fsp3) is 0.400. The summed E-state index contributed by atoms with van der Waals surface area (Å²) in [7, 11) is -2.22. The van der Waals surface area contributed by atoms with Crippen LogP contribution in [0.4, 0.5) is 0 Å². The lowest BCUT2D eigenvalue weighted by Gasteiger charge is -2.10. The van der Waals surface area contributed by atoms with Gasteiger partial charge < -0.3 is 9.47 Å². The Morgan fingerprint density at radius 1 is 1.31 bits per heavy atom. The lowest BCUT2D eigenvalue weighted by atomic mass is 10.2. The average molecular weight is 245 g/mol. The third-order valence-electron chi connectivity index (χ3n) is 1.95. The molecule has 0 radical (unpaired) electrons. The second-order valence-corrected chi connectivity index (χ2v) is 4.87. The van der Waals surface area contributed by atoms with Crippen LogP contribution in [0.5, 0.6) is 5.75 Å². The molecule has 0 saturated carbocycles. The van der Waals surface area contributed by atoms with Gasteiger partial charge in [0.2, 0.25) is 10.0 Å². The molecule has 0 bridgehead atoms. The van der Waals surface area contributed by atoms with Gasteiger partial charge in [-0.1, -0.05) is 6.07 Å². The summed E-state index contributed by atoms with van der Waals surface area (Å²) in [5, 5.41) is 5.09. The fourth-order valence-corrected chi connectivity index (χ4v) is 1.95. The number of rotatable bonds is 5. The van der Waals surface area contributed by atoms with Gasteiger partial charge in [0.15, 0.2) is 0 Å². The van der Waals surface area contributed by atoms with Crippen molar-refractivity contribution in [1.82, 2.24) is 0 Å². The number of aryl methyl sites for hydroxylation is 1. The number of hydrogen-bond donors (Lipinski definition) is 1. The van der Waals surface area contributed by atoms with Crippen LogP contribution in [0.2, 0.25) is 0 Å². The number of ether oxygens (including phenoxy) is 2. The third-order valence-corrected chi connectivity index (χ3v) is 2.88. The van der Waals surface area contributed by atoms with Crippen molar-refractivity contribution >= 4 is 10.0 Å². The topological polar surface area (TPSA) is 78.6 Å². The average Bonchev–Trinajstić information content (AvgIpc) is 2.19. The molecule has 0 atom stereocenters. The van der Waals surface area contributed by atoms with Gasteiger partial charge in [-0.25, -0.2) is 13.6 Å². The molecule has 6 heteroatoms. The molecular weight excluding hydrogens is 230 g/mol. The first kappa shape index (κ1) is 13.0. The molecule has 0 saturated heterocycles. The maximum Gasteiger partial charge on any atom is 0.241 e. The van der Waals surface area contributed by atoms with E-state index in [0.717, 1.165) is 5.56 Å². The number of nitrogens with two attached hydrogens (primary N) is 1. The second-order valence-electron chi connectivity index (χ2n) is 3.34. The SMILES string of the molecule is COCCOc1ccc(C)cc1S(N)(=O)=O. The minimum atomic E-state index is -3.76. The van der Waals surface area contributed by atoms with Crippen LogP contribution in [0, 0.1) is 6.92 Å². The molecule has 0 amide bonds. The molecule has 16 heavy (non-hydrogen) atoms. The molecule has 1 rings (SSSR count). The molecule has 0 spiro atoms. The summed E-state index contributed by atoms with van der Waals surface area (Å²) < 4.78 is 32.7. The molecule has 0 aliphatic rings. The molecule has 0 aliphatic heterocycles. The molecule has 90 valence electrons. The molecule has 1 aromatic carbocycles. The fourth-order valence-electron chi connectivity index (χ4n) is 1.19. The van der Waals surface area contributed by atoms with E-state index < -0.39 is 10.0 Å². The maximum absolute atomic E-state index is 11.3. The van der Waals surface area contributed by atoms with Crippen LogP contribution in [0.15, 0.2) is 23.1 Å². The summed E-state index contributed by atoms with van der Waals surface area (Å²) in [6, 6.07) is 4.83. The van der Waals surface area contributed by atoms with Crippen LogP contribution in [0.25, 0.3) is 0 Å². The minimum absolute atomic E-state index is 0.00334. The minimum Gasteiger partial charge on any atom is -0.490 e. The molecule has 0 aliphatic carbocycles. The first-order chi connectivity index (χ1) is 7.45. The van der Waals surface area contributed by atoms with Crippen LogP contribution < -0.4 is 9.88 Å².